The van der Waals surface area contributed by atoms with Gasteiger partial charge in [0.1, 0.15) is 0 Å². The summed E-state index contributed by atoms with van der Waals surface area (Å²) in [5, 5.41) is 0. The maximum atomic E-state index is 2.52. The first kappa shape index (κ1) is 33.0. The van der Waals surface area contributed by atoms with E-state index >= 15 is 0 Å². The molecule has 0 fully saturated rings. The van der Waals surface area contributed by atoms with E-state index in [0.717, 1.165) is 11.4 Å². The average molecular weight is 705 g/mol. The van der Waals surface area contributed by atoms with Crippen LogP contribution in [0.4, 0.5) is 34.1 Å². The molecule has 0 saturated heterocycles. The third-order valence-electron chi connectivity index (χ3n) is 11.4. The Morgan fingerprint density at radius 2 is 0.855 bits per heavy atom. The molecule has 0 aromatic heterocycles. The molecule has 0 atom stereocenters. The SMILES string of the molecule is CC(C)(C)c1ccc2c(c1)B1c3ccccc3N(c3ccccc3)c3cc(-c4c(-c5ccccc5)cccc4-c4ccccc4)cc(c31)N2c1ccccc1. The van der Waals surface area contributed by atoms with Gasteiger partial charge >= 0.3 is 0 Å². The van der Waals surface area contributed by atoms with Crippen molar-refractivity contribution < 1.29 is 0 Å². The van der Waals surface area contributed by atoms with E-state index in [9.17, 15) is 0 Å². The molecule has 0 bridgehead atoms. The summed E-state index contributed by atoms with van der Waals surface area (Å²) in [4.78, 5) is 5.02. The lowest BCUT2D eigenvalue weighted by atomic mass is 9.33. The highest BCUT2D eigenvalue weighted by molar-refractivity contribution is 7.00. The molecule has 2 heterocycles. The predicted octanol–water partition coefficient (Wildman–Crippen LogP) is 12.1. The summed E-state index contributed by atoms with van der Waals surface area (Å²) < 4.78 is 0. The third-order valence-corrected chi connectivity index (χ3v) is 11.4. The van der Waals surface area contributed by atoms with E-state index in [4.69, 9.17) is 0 Å². The Kier molecular flexibility index (Phi) is 7.85. The van der Waals surface area contributed by atoms with Crippen LogP contribution in [0.2, 0.25) is 0 Å². The van der Waals surface area contributed by atoms with E-state index in [-0.39, 0.29) is 12.1 Å². The maximum Gasteiger partial charge on any atom is 0.252 e. The molecule has 0 spiro atoms. The maximum absolute atomic E-state index is 2.52. The Labute approximate surface area is 325 Å². The fraction of sp³-hybridized carbons (Fsp3) is 0.0769. The minimum Gasteiger partial charge on any atom is -0.311 e. The number of nitrogens with zero attached hydrogens (tertiary/aromatic N) is 2. The second-order valence-corrected chi connectivity index (χ2v) is 15.7. The molecule has 2 aliphatic rings. The molecule has 0 saturated carbocycles. The lowest BCUT2D eigenvalue weighted by Gasteiger charge is -2.45. The molecular weight excluding hydrogens is 663 g/mol. The molecule has 8 aromatic carbocycles. The van der Waals surface area contributed by atoms with Crippen LogP contribution < -0.4 is 26.2 Å². The van der Waals surface area contributed by atoms with E-state index in [0.29, 0.717) is 0 Å². The van der Waals surface area contributed by atoms with Gasteiger partial charge < -0.3 is 9.80 Å². The highest BCUT2D eigenvalue weighted by atomic mass is 15.2. The number of fused-ring (bicyclic) bond motifs is 4. The van der Waals surface area contributed by atoms with Crippen molar-refractivity contribution in [2.75, 3.05) is 9.80 Å². The quantitative estimate of drug-likeness (QED) is 0.165. The van der Waals surface area contributed by atoms with E-state index in [1.807, 2.05) is 0 Å². The van der Waals surface area contributed by atoms with E-state index in [1.165, 1.54) is 78.1 Å². The van der Waals surface area contributed by atoms with E-state index < -0.39 is 0 Å². The Balaban J connectivity index is 1.36. The van der Waals surface area contributed by atoms with Gasteiger partial charge in [-0.3, -0.25) is 0 Å². The molecule has 0 amide bonds. The van der Waals surface area contributed by atoms with Crippen molar-refractivity contribution in [2.45, 2.75) is 26.2 Å². The van der Waals surface area contributed by atoms with Crippen LogP contribution in [0.25, 0.3) is 33.4 Å². The zero-order valence-corrected chi connectivity index (χ0v) is 31.4. The second-order valence-electron chi connectivity index (χ2n) is 15.7. The minimum atomic E-state index is -0.00117. The molecule has 2 aliphatic heterocycles. The largest absolute Gasteiger partial charge is 0.311 e. The first-order valence-corrected chi connectivity index (χ1v) is 19.3. The van der Waals surface area contributed by atoms with Gasteiger partial charge in [0.15, 0.2) is 0 Å². The van der Waals surface area contributed by atoms with Crippen LogP contribution in [-0.4, -0.2) is 6.71 Å². The molecule has 2 nitrogen and oxygen atoms in total. The third kappa shape index (κ3) is 5.50. The van der Waals surface area contributed by atoms with Crippen LogP contribution in [0, 0.1) is 0 Å². The summed E-state index contributed by atoms with van der Waals surface area (Å²) >= 11 is 0. The van der Waals surface area contributed by atoms with Gasteiger partial charge in [0.2, 0.25) is 0 Å². The number of hydrogen-bond acceptors (Lipinski definition) is 2. The van der Waals surface area contributed by atoms with Crippen LogP contribution in [0.5, 0.6) is 0 Å². The number of anilines is 6. The topological polar surface area (TPSA) is 6.48 Å². The first-order valence-electron chi connectivity index (χ1n) is 19.3. The molecule has 0 radical (unpaired) electrons. The van der Waals surface area contributed by atoms with Crippen molar-refractivity contribution in [2.24, 2.45) is 0 Å². The minimum absolute atomic E-state index is 0.00117. The van der Waals surface area contributed by atoms with Crippen molar-refractivity contribution in [1.29, 1.82) is 0 Å². The van der Waals surface area contributed by atoms with Gasteiger partial charge in [-0.15, -0.1) is 0 Å². The van der Waals surface area contributed by atoms with Crippen molar-refractivity contribution in [3.63, 3.8) is 0 Å². The van der Waals surface area contributed by atoms with Crippen LogP contribution in [0.1, 0.15) is 26.3 Å². The summed E-state index contributed by atoms with van der Waals surface area (Å²) in [6.45, 7) is 7.00. The Hall–Kier alpha value is -6.58. The highest BCUT2D eigenvalue weighted by Crippen LogP contribution is 2.49. The summed E-state index contributed by atoms with van der Waals surface area (Å²) in [7, 11) is 0. The van der Waals surface area contributed by atoms with Gasteiger partial charge in [-0.2, -0.15) is 0 Å². The number of hydrogen-bond donors (Lipinski definition) is 0. The molecular formula is C52H41BN2. The number of benzene rings is 8. The summed E-state index contributed by atoms with van der Waals surface area (Å²) in [5.74, 6) is 0. The normalized spacial score (nSPS) is 12.9. The van der Waals surface area contributed by atoms with Gasteiger partial charge in [-0.1, -0.05) is 166 Å². The Morgan fingerprint density at radius 1 is 0.382 bits per heavy atom. The summed E-state index contributed by atoms with van der Waals surface area (Å²) in [6, 6.07) is 71.5. The van der Waals surface area contributed by atoms with Crippen molar-refractivity contribution in [3.05, 3.63) is 200 Å². The smallest absolute Gasteiger partial charge is 0.252 e. The molecule has 3 heteroatoms. The highest BCUT2D eigenvalue weighted by Gasteiger charge is 2.44. The predicted molar refractivity (Wildman–Crippen MR) is 235 cm³/mol. The molecule has 55 heavy (non-hydrogen) atoms. The van der Waals surface area contributed by atoms with Gasteiger partial charge in [-0.25, -0.2) is 0 Å². The van der Waals surface area contributed by atoms with Crippen molar-refractivity contribution in [3.8, 4) is 33.4 Å². The van der Waals surface area contributed by atoms with Gasteiger partial charge in [0.05, 0.1) is 0 Å². The van der Waals surface area contributed by atoms with Crippen LogP contribution in [0.3, 0.4) is 0 Å². The van der Waals surface area contributed by atoms with E-state index in [2.05, 4.69) is 225 Å². The second kappa shape index (κ2) is 13.1. The zero-order chi connectivity index (χ0) is 37.1. The zero-order valence-electron chi connectivity index (χ0n) is 31.4. The molecule has 0 aliphatic carbocycles. The first-order chi connectivity index (χ1) is 27.0. The monoisotopic (exact) mass is 704 g/mol. The van der Waals surface area contributed by atoms with Gasteiger partial charge in [0.25, 0.3) is 6.71 Å². The van der Waals surface area contributed by atoms with Crippen LogP contribution in [0.15, 0.2) is 194 Å². The standard InChI is InChI=1S/C52H41BN2/c1-52(2,3)39-31-32-47-45(35-39)53-44-29-16-17-30-46(44)54(40-23-12-6-13-24-40)48-33-38(34-49(51(48)53)55(47)41-25-14-7-15-26-41)50-42(36-19-8-4-9-20-36)27-18-28-43(50)37-21-10-5-11-22-37/h4-35H,1-3H3. The van der Waals surface area contributed by atoms with Crippen LogP contribution >= 0.6 is 0 Å². The van der Waals surface area contributed by atoms with Crippen molar-refractivity contribution >= 4 is 57.2 Å². The van der Waals surface area contributed by atoms with Crippen molar-refractivity contribution in [1.82, 2.24) is 0 Å². The van der Waals surface area contributed by atoms with Gasteiger partial charge in [-0.05, 0) is 109 Å². The number of rotatable bonds is 5. The molecule has 10 rings (SSSR count). The molecule has 0 unspecified atom stereocenters. The molecule has 262 valence electrons. The Bertz CT molecular complexity index is 2610. The fourth-order valence-corrected chi connectivity index (χ4v) is 8.85. The summed E-state index contributed by atoms with van der Waals surface area (Å²) in [5.41, 5.74) is 19.7. The lowest BCUT2D eigenvalue weighted by Crippen LogP contribution is -2.61. The molecule has 0 N–H and O–H groups in total. The van der Waals surface area contributed by atoms with Crippen LogP contribution in [-0.2, 0) is 5.41 Å². The lowest BCUT2D eigenvalue weighted by molar-refractivity contribution is 0.591. The Morgan fingerprint density at radius 3 is 1.38 bits per heavy atom. The fourth-order valence-electron chi connectivity index (χ4n) is 8.85. The van der Waals surface area contributed by atoms with Gasteiger partial charge in [0, 0.05) is 34.1 Å². The average Bonchev–Trinajstić information content (AvgIpc) is 3.24. The van der Waals surface area contributed by atoms with E-state index in [1.54, 1.807) is 0 Å². The number of para-hydroxylation sites is 3. The summed E-state index contributed by atoms with van der Waals surface area (Å²) in [6.07, 6.45) is 0. The molecule has 8 aromatic rings.